The van der Waals surface area contributed by atoms with E-state index in [1.165, 1.54) is 96.3 Å². The maximum atomic E-state index is 3.76. The first-order valence-electron chi connectivity index (χ1n) is 8.68. The molecule has 0 heterocycles. The van der Waals surface area contributed by atoms with Crippen LogP contribution in [-0.4, -0.2) is 0 Å². The minimum Gasteiger partial charge on any atom is -0.0533 e. The molecule has 0 saturated heterocycles. The molecule has 0 amide bonds. The molecule has 2 saturated carbocycles. The molecule has 0 aromatic heterocycles. The Bertz CT molecular complexity index is 162. The highest BCUT2D eigenvalue weighted by Crippen LogP contribution is 2.29. The van der Waals surface area contributed by atoms with Crippen LogP contribution in [0, 0.1) is 18.3 Å². The van der Waals surface area contributed by atoms with Gasteiger partial charge in [0.1, 0.15) is 0 Å². The molecular weight excluding hydrogens is 216 g/mol. The summed E-state index contributed by atoms with van der Waals surface area (Å²) in [7, 11) is 0. The maximum absolute atomic E-state index is 3.76. The molecule has 0 aromatic rings. The lowest BCUT2D eigenvalue weighted by Crippen LogP contribution is -2.07. The highest BCUT2D eigenvalue weighted by Gasteiger charge is 2.14. The fraction of sp³-hybridized carbons (Fsp3) is 0.944. The van der Waals surface area contributed by atoms with Crippen LogP contribution in [0.5, 0.6) is 0 Å². The van der Waals surface area contributed by atoms with E-state index in [0.29, 0.717) is 0 Å². The van der Waals surface area contributed by atoms with Gasteiger partial charge < -0.3 is 0 Å². The fourth-order valence-corrected chi connectivity index (χ4v) is 3.82. The monoisotopic (exact) mass is 248 g/mol. The third-order valence-corrected chi connectivity index (χ3v) is 5.05. The first-order valence-corrected chi connectivity index (χ1v) is 8.68. The van der Waals surface area contributed by atoms with Crippen LogP contribution in [0.3, 0.4) is 0 Å². The van der Waals surface area contributed by atoms with E-state index in [1.54, 1.807) is 0 Å². The van der Waals surface area contributed by atoms with E-state index in [0.717, 1.165) is 11.8 Å². The SMILES string of the molecule is [C](CCCCCC1CCCCC1)C1CCCCC1. The number of unbranched alkanes of at least 4 members (excludes halogenated alkanes) is 3. The molecule has 0 aromatic carbocycles. The van der Waals surface area contributed by atoms with Crippen molar-refractivity contribution in [3.05, 3.63) is 6.42 Å². The smallest absolute Gasteiger partial charge is 0.0140 e. The van der Waals surface area contributed by atoms with Gasteiger partial charge in [0.05, 0.1) is 0 Å². The van der Waals surface area contributed by atoms with Crippen molar-refractivity contribution in [2.24, 2.45) is 11.8 Å². The zero-order valence-electron chi connectivity index (χ0n) is 12.3. The summed E-state index contributed by atoms with van der Waals surface area (Å²) in [5.41, 5.74) is 0. The Balaban J connectivity index is 1.39. The summed E-state index contributed by atoms with van der Waals surface area (Å²) in [6.07, 6.45) is 25.7. The zero-order chi connectivity index (χ0) is 12.5. The molecule has 0 spiro atoms. The highest BCUT2D eigenvalue weighted by atomic mass is 14.2. The van der Waals surface area contributed by atoms with Gasteiger partial charge in [-0.05, 0) is 37.5 Å². The summed E-state index contributed by atoms with van der Waals surface area (Å²) in [5, 5.41) is 0. The van der Waals surface area contributed by atoms with Crippen LogP contribution in [0.1, 0.15) is 96.3 Å². The van der Waals surface area contributed by atoms with Gasteiger partial charge in [0.25, 0.3) is 0 Å². The lowest BCUT2D eigenvalue weighted by atomic mass is 9.84. The van der Waals surface area contributed by atoms with Gasteiger partial charge in [0, 0.05) is 0 Å². The van der Waals surface area contributed by atoms with Crippen LogP contribution in [0.2, 0.25) is 0 Å². The van der Waals surface area contributed by atoms with Crippen molar-refractivity contribution in [1.82, 2.24) is 0 Å². The molecule has 0 atom stereocenters. The third-order valence-electron chi connectivity index (χ3n) is 5.05. The Labute approximate surface area is 115 Å². The van der Waals surface area contributed by atoms with Gasteiger partial charge in [-0.1, -0.05) is 77.0 Å². The zero-order valence-corrected chi connectivity index (χ0v) is 12.3. The summed E-state index contributed by atoms with van der Waals surface area (Å²) in [4.78, 5) is 0. The van der Waals surface area contributed by atoms with Crippen LogP contribution in [-0.2, 0) is 0 Å². The molecule has 0 N–H and O–H groups in total. The van der Waals surface area contributed by atoms with Crippen LogP contribution in [0.15, 0.2) is 0 Å². The predicted molar refractivity (Wildman–Crippen MR) is 79.5 cm³/mol. The number of hydrogen-bond acceptors (Lipinski definition) is 0. The van der Waals surface area contributed by atoms with Crippen molar-refractivity contribution < 1.29 is 0 Å². The van der Waals surface area contributed by atoms with Crippen LogP contribution >= 0.6 is 0 Å². The van der Waals surface area contributed by atoms with Gasteiger partial charge in [0.2, 0.25) is 0 Å². The van der Waals surface area contributed by atoms with E-state index >= 15 is 0 Å². The Morgan fingerprint density at radius 2 is 1.33 bits per heavy atom. The minimum atomic E-state index is 0.858. The lowest BCUT2D eigenvalue weighted by Gasteiger charge is -2.22. The van der Waals surface area contributed by atoms with Crippen molar-refractivity contribution in [3.8, 4) is 0 Å². The summed E-state index contributed by atoms with van der Waals surface area (Å²) >= 11 is 0. The molecule has 0 bridgehead atoms. The second kappa shape index (κ2) is 8.99. The van der Waals surface area contributed by atoms with E-state index in [9.17, 15) is 0 Å². The summed E-state index contributed by atoms with van der Waals surface area (Å²) in [6, 6.07) is 0. The third kappa shape index (κ3) is 5.76. The molecule has 0 aliphatic heterocycles. The summed E-state index contributed by atoms with van der Waals surface area (Å²) in [5.74, 6) is 1.95. The van der Waals surface area contributed by atoms with Crippen LogP contribution in [0.4, 0.5) is 0 Å². The first-order chi connectivity index (χ1) is 8.95. The topological polar surface area (TPSA) is 0 Å². The van der Waals surface area contributed by atoms with Crippen molar-refractivity contribution in [1.29, 1.82) is 0 Å². The quantitative estimate of drug-likeness (QED) is 0.472. The molecule has 2 aliphatic rings. The molecule has 0 heteroatoms. The lowest BCUT2D eigenvalue weighted by molar-refractivity contribution is 0.327. The molecule has 2 aliphatic carbocycles. The van der Waals surface area contributed by atoms with E-state index < -0.39 is 0 Å². The fourth-order valence-electron chi connectivity index (χ4n) is 3.82. The van der Waals surface area contributed by atoms with Crippen molar-refractivity contribution in [2.45, 2.75) is 96.3 Å². The normalized spacial score (nSPS) is 23.3. The van der Waals surface area contributed by atoms with Crippen LogP contribution < -0.4 is 0 Å². The maximum Gasteiger partial charge on any atom is -0.0140 e. The number of rotatable bonds is 7. The van der Waals surface area contributed by atoms with Gasteiger partial charge in [0.15, 0.2) is 0 Å². The predicted octanol–water partition coefficient (Wildman–Crippen LogP) is 6.18. The average molecular weight is 248 g/mol. The molecule has 2 radical (unpaired) electrons. The standard InChI is InChI=1S/C18H32/c1(5-11-17-13-7-3-8-14-17)2-6-12-18-15-9-4-10-16-18/h17-18H,1-11,13-16H2. The van der Waals surface area contributed by atoms with Crippen LogP contribution in [0.25, 0.3) is 0 Å². The first kappa shape index (κ1) is 14.4. The number of hydrogen-bond donors (Lipinski definition) is 0. The van der Waals surface area contributed by atoms with Gasteiger partial charge in [-0.3, -0.25) is 0 Å². The van der Waals surface area contributed by atoms with Gasteiger partial charge in [-0.15, -0.1) is 0 Å². The highest BCUT2D eigenvalue weighted by molar-refractivity contribution is 4.79. The molecule has 104 valence electrons. The Kier molecular flexibility index (Phi) is 7.20. The molecule has 2 rings (SSSR count). The average Bonchev–Trinajstić information content (AvgIpc) is 2.45. The largest absolute Gasteiger partial charge is 0.0533 e. The van der Waals surface area contributed by atoms with Crippen molar-refractivity contribution in [3.63, 3.8) is 0 Å². The second-order valence-corrected chi connectivity index (χ2v) is 6.64. The van der Waals surface area contributed by atoms with E-state index in [1.807, 2.05) is 0 Å². The molecular formula is C18H32. The molecule has 18 heavy (non-hydrogen) atoms. The van der Waals surface area contributed by atoms with Crippen molar-refractivity contribution >= 4 is 0 Å². The molecule has 0 nitrogen and oxygen atoms in total. The van der Waals surface area contributed by atoms with Gasteiger partial charge in [-0.25, -0.2) is 0 Å². The van der Waals surface area contributed by atoms with E-state index in [-0.39, 0.29) is 0 Å². The summed E-state index contributed by atoms with van der Waals surface area (Å²) < 4.78 is 0. The van der Waals surface area contributed by atoms with E-state index in [2.05, 4.69) is 6.42 Å². The Hall–Kier alpha value is 0. The minimum absolute atomic E-state index is 0.858. The second-order valence-electron chi connectivity index (χ2n) is 6.64. The Morgan fingerprint density at radius 3 is 2.06 bits per heavy atom. The molecule has 0 unspecified atom stereocenters. The molecule has 2 fully saturated rings. The van der Waals surface area contributed by atoms with Crippen molar-refractivity contribution in [2.75, 3.05) is 0 Å². The van der Waals surface area contributed by atoms with Gasteiger partial charge in [-0.2, -0.15) is 0 Å². The summed E-state index contributed by atoms with van der Waals surface area (Å²) in [6.45, 7) is 0. The van der Waals surface area contributed by atoms with Gasteiger partial charge >= 0.3 is 0 Å². The Morgan fingerprint density at radius 1 is 0.667 bits per heavy atom. The van der Waals surface area contributed by atoms with E-state index in [4.69, 9.17) is 0 Å².